The number of alkyl halides is 1. The quantitative estimate of drug-likeness (QED) is 0.0644. The van der Waals surface area contributed by atoms with Gasteiger partial charge >= 0.3 is 12.1 Å². The number of halogens is 1. The van der Waals surface area contributed by atoms with Crippen LogP contribution in [-0.4, -0.2) is 63.7 Å². The third kappa shape index (κ3) is 8.29. The molecule has 0 radical (unpaired) electrons. The molecule has 2 aromatic heterocycles. The lowest BCUT2D eigenvalue weighted by Gasteiger charge is -2.24. The van der Waals surface area contributed by atoms with Crippen molar-refractivity contribution in [2.24, 2.45) is 7.05 Å². The topological polar surface area (TPSA) is 87.8 Å². The van der Waals surface area contributed by atoms with E-state index in [1.807, 2.05) is 76.0 Å². The van der Waals surface area contributed by atoms with Gasteiger partial charge in [-0.25, -0.2) is 9.59 Å². The Kier molecular flexibility index (Phi) is 11.7. The number of carbonyl (C=O) groups excluding carboxylic acids is 2. The van der Waals surface area contributed by atoms with Gasteiger partial charge in [0.25, 0.3) is 0 Å². The molecular weight excluding hydrogens is 684 g/mol. The summed E-state index contributed by atoms with van der Waals surface area (Å²) in [5.74, 6) is 0.510. The number of esters is 1. The first kappa shape index (κ1) is 36.0. The summed E-state index contributed by atoms with van der Waals surface area (Å²) in [6.07, 6.45) is 4.35. The van der Waals surface area contributed by atoms with Crippen LogP contribution in [0.15, 0.2) is 66.9 Å². The third-order valence-electron chi connectivity index (χ3n) is 8.54. The molecule has 0 saturated heterocycles. The van der Waals surface area contributed by atoms with Gasteiger partial charge < -0.3 is 23.7 Å². The molecule has 10 heteroatoms. The summed E-state index contributed by atoms with van der Waals surface area (Å²) in [6.45, 7) is 9.29. The molecule has 0 saturated carbocycles. The van der Waals surface area contributed by atoms with E-state index in [-0.39, 0.29) is 18.7 Å². The lowest BCUT2D eigenvalue weighted by molar-refractivity contribution is 0.0296. The maximum Gasteiger partial charge on any atom is 0.410 e. The fourth-order valence-corrected chi connectivity index (χ4v) is 6.92. The highest BCUT2D eigenvalue weighted by Gasteiger charge is 2.27. The Morgan fingerprint density at radius 1 is 0.939 bits per heavy atom. The minimum atomic E-state index is -0.559. The first-order chi connectivity index (χ1) is 23.5. The van der Waals surface area contributed by atoms with E-state index in [9.17, 15) is 9.59 Å². The number of aryl methyl sites for hydroxylation is 3. The van der Waals surface area contributed by atoms with Crippen LogP contribution in [0.25, 0.3) is 32.8 Å². The highest BCUT2D eigenvalue weighted by molar-refractivity contribution is 9.08. The molecule has 0 aliphatic carbocycles. The van der Waals surface area contributed by atoms with Crippen LogP contribution in [-0.2, 0) is 34.8 Å². The molecule has 9 nitrogen and oxygen atoms in total. The van der Waals surface area contributed by atoms with Gasteiger partial charge in [-0.2, -0.15) is 5.10 Å². The number of unbranched alkanes of at least 4 members (excludes halogenated alkanes) is 1. The summed E-state index contributed by atoms with van der Waals surface area (Å²) in [5.41, 5.74) is 5.00. The van der Waals surface area contributed by atoms with Gasteiger partial charge in [0.15, 0.2) is 0 Å². The largest absolute Gasteiger partial charge is 0.493 e. The van der Waals surface area contributed by atoms with Crippen molar-refractivity contribution in [3.8, 4) is 16.9 Å². The van der Waals surface area contributed by atoms with Crippen molar-refractivity contribution in [1.82, 2.24) is 19.2 Å². The van der Waals surface area contributed by atoms with E-state index in [1.165, 1.54) is 0 Å². The predicted molar refractivity (Wildman–Crippen MR) is 199 cm³/mol. The van der Waals surface area contributed by atoms with Gasteiger partial charge in [-0.15, -0.1) is 0 Å². The van der Waals surface area contributed by atoms with Gasteiger partial charge in [-0.05, 0) is 70.4 Å². The molecular formula is C39H47BrN4O5. The van der Waals surface area contributed by atoms with Gasteiger partial charge in [-0.3, -0.25) is 4.68 Å². The maximum absolute atomic E-state index is 13.8. The summed E-state index contributed by atoms with van der Waals surface area (Å²) < 4.78 is 21.5. The predicted octanol–water partition coefficient (Wildman–Crippen LogP) is 8.93. The SMILES string of the molecule is CCOC(=O)c1c(CCCOc2cccc3ccccc23)c2cccc(-c3cnn(C)c3CBr)c2n1CCCCN(C)C(=O)OC(C)(C)C. The van der Waals surface area contributed by atoms with Crippen LogP contribution in [0.1, 0.15) is 68.7 Å². The van der Waals surface area contributed by atoms with E-state index in [2.05, 4.69) is 55.9 Å². The van der Waals surface area contributed by atoms with Gasteiger partial charge in [0.05, 0.1) is 30.6 Å². The number of nitrogens with zero attached hydrogens (tertiary/aromatic N) is 4. The Balaban J connectivity index is 1.48. The van der Waals surface area contributed by atoms with Crippen molar-refractivity contribution in [2.45, 2.75) is 70.9 Å². The van der Waals surface area contributed by atoms with Crippen molar-refractivity contribution >= 4 is 49.7 Å². The lowest BCUT2D eigenvalue weighted by Crippen LogP contribution is -2.34. The molecule has 0 spiro atoms. The molecule has 3 aromatic carbocycles. The summed E-state index contributed by atoms with van der Waals surface area (Å²) in [6, 6.07) is 20.5. The fraction of sp³-hybridized carbons (Fsp3) is 0.410. The zero-order valence-corrected chi connectivity index (χ0v) is 31.0. The number of fused-ring (bicyclic) bond motifs is 2. The number of hydrogen-bond donors (Lipinski definition) is 0. The molecule has 5 aromatic rings. The summed E-state index contributed by atoms with van der Waals surface area (Å²) in [4.78, 5) is 28.0. The van der Waals surface area contributed by atoms with Crippen LogP contribution in [0.5, 0.6) is 5.75 Å². The summed E-state index contributed by atoms with van der Waals surface area (Å²) >= 11 is 3.65. The van der Waals surface area contributed by atoms with Crippen molar-refractivity contribution in [1.29, 1.82) is 0 Å². The monoisotopic (exact) mass is 730 g/mol. The Morgan fingerprint density at radius 2 is 1.67 bits per heavy atom. The fourth-order valence-electron chi connectivity index (χ4n) is 6.26. The average molecular weight is 732 g/mol. The van der Waals surface area contributed by atoms with E-state index >= 15 is 0 Å². The van der Waals surface area contributed by atoms with E-state index in [1.54, 1.807) is 11.9 Å². The second-order valence-electron chi connectivity index (χ2n) is 13.2. The van der Waals surface area contributed by atoms with Crippen molar-refractivity contribution in [3.05, 3.63) is 83.8 Å². The zero-order valence-electron chi connectivity index (χ0n) is 29.4. The number of hydrogen-bond acceptors (Lipinski definition) is 6. The average Bonchev–Trinajstić information content (AvgIpc) is 3.61. The number of benzene rings is 3. The van der Waals surface area contributed by atoms with Crippen LogP contribution in [0, 0.1) is 0 Å². The van der Waals surface area contributed by atoms with E-state index in [0.29, 0.717) is 43.6 Å². The smallest absolute Gasteiger partial charge is 0.410 e. The van der Waals surface area contributed by atoms with Crippen molar-refractivity contribution in [2.75, 3.05) is 26.8 Å². The number of carbonyl (C=O) groups is 2. The highest BCUT2D eigenvalue weighted by Crippen LogP contribution is 2.38. The molecule has 0 atom stereocenters. The molecule has 1 amide bonds. The normalized spacial score (nSPS) is 11.7. The van der Waals surface area contributed by atoms with E-state index in [0.717, 1.165) is 62.7 Å². The molecule has 0 bridgehead atoms. The molecule has 0 aliphatic rings. The van der Waals surface area contributed by atoms with Gasteiger partial charge in [0, 0.05) is 54.4 Å². The minimum Gasteiger partial charge on any atom is -0.493 e. The molecule has 260 valence electrons. The zero-order chi connectivity index (χ0) is 35.1. The molecule has 5 rings (SSSR count). The molecule has 0 fully saturated rings. The number of aromatic nitrogens is 3. The summed E-state index contributed by atoms with van der Waals surface area (Å²) in [5, 5.41) is 8.42. The lowest BCUT2D eigenvalue weighted by atomic mass is 10.00. The second-order valence-corrected chi connectivity index (χ2v) is 13.8. The molecule has 49 heavy (non-hydrogen) atoms. The van der Waals surface area contributed by atoms with Crippen LogP contribution < -0.4 is 4.74 Å². The third-order valence-corrected chi connectivity index (χ3v) is 9.07. The Bertz CT molecular complexity index is 1920. The number of ether oxygens (including phenoxy) is 3. The van der Waals surface area contributed by atoms with Crippen LogP contribution in [0.3, 0.4) is 0 Å². The Labute approximate surface area is 297 Å². The van der Waals surface area contributed by atoms with E-state index in [4.69, 9.17) is 14.2 Å². The Morgan fingerprint density at radius 3 is 2.43 bits per heavy atom. The first-order valence-corrected chi connectivity index (χ1v) is 18.1. The van der Waals surface area contributed by atoms with Crippen LogP contribution in [0.2, 0.25) is 0 Å². The molecule has 0 unspecified atom stereocenters. The number of amides is 1. The van der Waals surface area contributed by atoms with E-state index < -0.39 is 5.60 Å². The molecule has 0 N–H and O–H groups in total. The van der Waals surface area contributed by atoms with Gasteiger partial charge in [0.1, 0.15) is 17.0 Å². The van der Waals surface area contributed by atoms with Crippen LogP contribution >= 0.6 is 15.9 Å². The first-order valence-electron chi connectivity index (χ1n) is 17.0. The molecule has 0 aliphatic heterocycles. The van der Waals surface area contributed by atoms with Crippen molar-refractivity contribution < 1.29 is 23.8 Å². The minimum absolute atomic E-state index is 0.272. The summed E-state index contributed by atoms with van der Waals surface area (Å²) in [7, 11) is 3.69. The molecule has 2 heterocycles. The van der Waals surface area contributed by atoms with Crippen molar-refractivity contribution in [3.63, 3.8) is 0 Å². The van der Waals surface area contributed by atoms with Crippen LogP contribution in [0.4, 0.5) is 4.79 Å². The van der Waals surface area contributed by atoms with Gasteiger partial charge in [0.2, 0.25) is 0 Å². The standard InChI is InChI=1S/C39H47BrN4O5/c1-7-47-37(45)36-30(20-14-24-48-34-21-12-16-27-15-8-9-17-28(27)34)29-18-13-19-31(32-26-41-43(6)33(32)25-40)35(29)44(36)23-11-10-22-42(5)38(46)49-39(2,3)4/h8-9,12-13,15-19,21,26H,7,10-11,14,20,22-25H2,1-6H3. The number of para-hydroxylation sites is 1. The number of rotatable bonds is 14. The second kappa shape index (κ2) is 15.9. The maximum atomic E-state index is 13.8. The van der Waals surface area contributed by atoms with Gasteiger partial charge in [-0.1, -0.05) is 70.5 Å². The Hall–Kier alpha value is -4.31. The highest BCUT2D eigenvalue weighted by atomic mass is 79.9.